The number of nitrogens with zero attached hydrogens (tertiary/aromatic N) is 10. The molecule has 0 aliphatic heterocycles. The van der Waals surface area contributed by atoms with Gasteiger partial charge in [0.15, 0.2) is 0 Å². The zero-order valence-electron chi connectivity index (χ0n) is 13.9. The standard InChI is InChI=1S/C8H2N10O13/c19-15(20)7(16(21)22)1-3(11-29-9-1)27-5-6(14-31-13-5)28-4-2(10-30-12-4)8(17(23)24)18(25)26/h7-8H. The summed E-state index contributed by atoms with van der Waals surface area (Å²) in [6.45, 7) is 0. The van der Waals surface area contributed by atoms with E-state index in [9.17, 15) is 40.5 Å². The molecule has 23 nitrogen and oxygen atoms in total. The Balaban J connectivity index is 1.89. The average Bonchev–Trinajstić information content (AvgIpc) is 3.39. The summed E-state index contributed by atoms with van der Waals surface area (Å²) in [6, 6.07) is 0. The van der Waals surface area contributed by atoms with E-state index < -0.39 is 66.9 Å². The zero-order chi connectivity index (χ0) is 22.7. The van der Waals surface area contributed by atoms with E-state index in [-0.39, 0.29) is 0 Å². The van der Waals surface area contributed by atoms with Gasteiger partial charge in [0, 0.05) is 0 Å². The quantitative estimate of drug-likeness (QED) is 0.215. The lowest BCUT2D eigenvalue weighted by atomic mass is 10.4. The molecule has 3 heterocycles. The van der Waals surface area contributed by atoms with Crippen molar-refractivity contribution in [1.29, 1.82) is 0 Å². The largest absolute Gasteiger partial charge is 0.501 e. The van der Waals surface area contributed by atoms with Crippen molar-refractivity contribution in [2.75, 3.05) is 0 Å². The van der Waals surface area contributed by atoms with Gasteiger partial charge in [-0.05, 0) is 30.9 Å². The molecule has 0 aliphatic carbocycles. The van der Waals surface area contributed by atoms with Crippen LogP contribution in [0.2, 0.25) is 0 Å². The van der Waals surface area contributed by atoms with Gasteiger partial charge in [-0.1, -0.05) is 0 Å². The Hall–Kier alpha value is -5.38. The second kappa shape index (κ2) is 7.93. The third-order valence-corrected chi connectivity index (χ3v) is 3.07. The average molecular weight is 446 g/mol. The van der Waals surface area contributed by atoms with E-state index in [2.05, 4.69) is 44.8 Å². The minimum absolute atomic E-state index is 0.810. The lowest BCUT2D eigenvalue weighted by Crippen LogP contribution is -2.20. The Kier molecular flexibility index (Phi) is 5.21. The predicted octanol–water partition coefficient (Wildman–Crippen LogP) is -0.476. The van der Waals surface area contributed by atoms with Crippen LogP contribution in [-0.4, -0.2) is 50.6 Å². The van der Waals surface area contributed by atoms with Gasteiger partial charge in [0.25, 0.3) is 11.4 Å². The minimum atomic E-state index is -2.63. The highest BCUT2D eigenvalue weighted by Gasteiger charge is 2.45. The van der Waals surface area contributed by atoms with Crippen LogP contribution >= 0.6 is 0 Å². The monoisotopic (exact) mass is 446 g/mol. The number of hydrogen-bond acceptors (Lipinski definition) is 19. The van der Waals surface area contributed by atoms with E-state index in [0.717, 1.165) is 0 Å². The third-order valence-electron chi connectivity index (χ3n) is 3.07. The van der Waals surface area contributed by atoms with Crippen LogP contribution in [0.25, 0.3) is 0 Å². The van der Waals surface area contributed by atoms with E-state index in [1.54, 1.807) is 0 Å². The van der Waals surface area contributed by atoms with Crippen LogP contribution < -0.4 is 9.47 Å². The number of ether oxygens (including phenoxy) is 2. The van der Waals surface area contributed by atoms with E-state index in [0.29, 0.717) is 0 Å². The number of aromatic nitrogens is 6. The molecular formula is C8H2N10O13. The molecule has 0 saturated heterocycles. The van der Waals surface area contributed by atoms with Crippen LogP contribution in [0, 0.1) is 40.5 Å². The molecule has 0 bridgehead atoms. The van der Waals surface area contributed by atoms with Gasteiger partial charge in [-0.3, -0.25) is 40.5 Å². The molecular weight excluding hydrogens is 444 g/mol. The summed E-state index contributed by atoms with van der Waals surface area (Å²) < 4.78 is 22.5. The van der Waals surface area contributed by atoms with Gasteiger partial charge in [-0.15, -0.1) is 0 Å². The maximum Gasteiger partial charge on any atom is 0.501 e. The lowest BCUT2D eigenvalue weighted by molar-refractivity contribution is -0.753. The summed E-state index contributed by atoms with van der Waals surface area (Å²) in [5.74, 6) is -3.44. The highest BCUT2D eigenvalue weighted by atomic mass is 16.7. The molecule has 3 rings (SSSR count). The smallest absolute Gasteiger partial charge is 0.408 e. The summed E-state index contributed by atoms with van der Waals surface area (Å²) in [5, 5.41) is 62.1. The van der Waals surface area contributed by atoms with Crippen LogP contribution in [0.15, 0.2) is 13.9 Å². The summed E-state index contributed by atoms with van der Waals surface area (Å²) in [7, 11) is 0. The Morgan fingerprint density at radius 1 is 0.548 bits per heavy atom. The van der Waals surface area contributed by atoms with Crippen molar-refractivity contribution in [1.82, 2.24) is 30.9 Å². The molecule has 0 aromatic carbocycles. The maximum absolute atomic E-state index is 10.9. The molecule has 0 aliphatic rings. The highest BCUT2D eigenvalue weighted by molar-refractivity contribution is 5.32. The van der Waals surface area contributed by atoms with Crippen LogP contribution in [-0.2, 0) is 0 Å². The van der Waals surface area contributed by atoms with Crippen molar-refractivity contribution in [2.24, 2.45) is 0 Å². The molecule has 0 unspecified atom stereocenters. The fourth-order valence-electron chi connectivity index (χ4n) is 1.87. The predicted molar refractivity (Wildman–Crippen MR) is 76.5 cm³/mol. The Labute approximate surface area is 163 Å². The SMILES string of the molecule is O=[N+]([O-])C(c1nonc1Oc1nonc1Oc1nonc1C([N+](=O)[O-])[N+](=O)[O-])[N+](=O)[O-]. The Morgan fingerprint density at radius 3 is 1.16 bits per heavy atom. The molecule has 0 N–H and O–H groups in total. The van der Waals surface area contributed by atoms with E-state index in [4.69, 9.17) is 9.47 Å². The van der Waals surface area contributed by atoms with Gasteiger partial charge in [0.05, 0.1) is 0 Å². The van der Waals surface area contributed by atoms with E-state index in [1.807, 2.05) is 0 Å². The maximum atomic E-state index is 10.9. The van der Waals surface area contributed by atoms with Crippen molar-refractivity contribution in [3.63, 3.8) is 0 Å². The van der Waals surface area contributed by atoms with Crippen molar-refractivity contribution in [2.45, 2.75) is 12.3 Å². The van der Waals surface area contributed by atoms with E-state index >= 15 is 0 Å². The molecule has 0 fully saturated rings. The molecule has 23 heteroatoms. The van der Waals surface area contributed by atoms with Crippen LogP contribution in [0.5, 0.6) is 23.5 Å². The molecule has 3 aromatic rings. The number of rotatable bonds is 10. The van der Waals surface area contributed by atoms with Crippen LogP contribution in [0.4, 0.5) is 0 Å². The first-order valence-corrected chi connectivity index (χ1v) is 7.07. The van der Waals surface area contributed by atoms with Gasteiger partial charge in [-0.2, -0.15) is 0 Å². The van der Waals surface area contributed by atoms with Crippen molar-refractivity contribution in [3.8, 4) is 23.5 Å². The fraction of sp³-hybridized carbons (Fsp3) is 0.250. The highest BCUT2D eigenvalue weighted by Crippen LogP contribution is 2.35. The summed E-state index contributed by atoms with van der Waals surface area (Å²) in [4.78, 5) is 38.2. The van der Waals surface area contributed by atoms with Gasteiger partial charge in [-0.25, -0.2) is 13.9 Å². The van der Waals surface area contributed by atoms with Crippen LogP contribution in [0.3, 0.4) is 0 Å². The molecule has 0 atom stereocenters. The Morgan fingerprint density at radius 2 is 0.839 bits per heavy atom. The van der Waals surface area contributed by atoms with Crippen molar-refractivity contribution in [3.05, 3.63) is 51.8 Å². The third kappa shape index (κ3) is 3.93. The summed E-state index contributed by atoms with van der Waals surface area (Å²) in [5.41, 5.74) is -1.95. The first-order chi connectivity index (χ1) is 14.7. The fourth-order valence-corrected chi connectivity index (χ4v) is 1.87. The topological polar surface area (TPSA) is 308 Å². The van der Waals surface area contributed by atoms with Gasteiger partial charge < -0.3 is 9.47 Å². The van der Waals surface area contributed by atoms with Crippen molar-refractivity contribution >= 4 is 0 Å². The molecule has 0 radical (unpaired) electrons. The molecule has 0 spiro atoms. The summed E-state index contributed by atoms with van der Waals surface area (Å²) >= 11 is 0. The molecule has 0 amide bonds. The second-order valence-corrected chi connectivity index (χ2v) is 4.88. The lowest BCUT2D eigenvalue weighted by Gasteiger charge is -2.02. The van der Waals surface area contributed by atoms with Gasteiger partial charge in [0.2, 0.25) is 0 Å². The van der Waals surface area contributed by atoms with Gasteiger partial charge in [0.1, 0.15) is 19.7 Å². The molecule has 31 heavy (non-hydrogen) atoms. The molecule has 0 saturated carbocycles. The minimum Gasteiger partial charge on any atom is -0.408 e. The first kappa shape index (κ1) is 20.4. The molecule has 3 aromatic heterocycles. The van der Waals surface area contributed by atoms with Crippen molar-refractivity contribution < 1.29 is 43.1 Å². The van der Waals surface area contributed by atoms with E-state index in [1.165, 1.54) is 0 Å². The van der Waals surface area contributed by atoms with Crippen LogP contribution in [0.1, 0.15) is 23.7 Å². The first-order valence-electron chi connectivity index (χ1n) is 7.07. The second-order valence-electron chi connectivity index (χ2n) is 4.88. The number of nitro groups is 4. The zero-order valence-corrected chi connectivity index (χ0v) is 13.9. The molecule has 162 valence electrons. The number of hydrogen-bond donors (Lipinski definition) is 0. The van der Waals surface area contributed by atoms with Gasteiger partial charge >= 0.3 is 35.9 Å². The normalized spacial score (nSPS) is 10.9. The summed E-state index contributed by atoms with van der Waals surface area (Å²) in [6.07, 6.45) is -5.25. The Bertz CT molecular complexity index is 1030.